The Labute approximate surface area is 170 Å². The van der Waals surface area contributed by atoms with Gasteiger partial charge in [0.15, 0.2) is 0 Å². The molecule has 0 radical (unpaired) electrons. The maximum atomic E-state index is 13.5. The van der Waals surface area contributed by atoms with Gasteiger partial charge in [-0.05, 0) is 54.5 Å². The molecule has 0 bridgehead atoms. The summed E-state index contributed by atoms with van der Waals surface area (Å²) < 4.78 is 53.2. The third-order valence-electron chi connectivity index (χ3n) is 5.23. The predicted octanol–water partition coefficient (Wildman–Crippen LogP) is 2.42. The second kappa shape index (κ2) is 9.30. The molecule has 3 rings (SSSR count). The molecule has 0 saturated carbocycles. The Bertz CT molecular complexity index is 932. The standard InChI is InChI=1S/C21H27F2N3O2S/c1-29(27,28)26-21(11-14-9-16(22)12-17(23)10-14)19(24)13-25-20-8-4-6-15-5-2-3-7-18(15)20/h2-3,5,7,9-10,12,19-21,25-26H,4,6,8,11,13,24H2,1H3/t19-,20+,21+/m1/s1. The fraction of sp³-hybridized carbons (Fsp3) is 0.429. The number of sulfonamides is 1. The average molecular weight is 424 g/mol. The molecule has 1 aliphatic carbocycles. The summed E-state index contributed by atoms with van der Waals surface area (Å²) in [7, 11) is -3.55. The van der Waals surface area contributed by atoms with Crippen LogP contribution in [0.5, 0.6) is 0 Å². The van der Waals surface area contributed by atoms with Crippen molar-refractivity contribution < 1.29 is 17.2 Å². The van der Waals surface area contributed by atoms with Crippen LogP contribution in [0.3, 0.4) is 0 Å². The predicted molar refractivity (Wildman–Crippen MR) is 110 cm³/mol. The lowest BCUT2D eigenvalue weighted by molar-refractivity contribution is 0.398. The Balaban J connectivity index is 1.71. The molecule has 4 N–H and O–H groups in total. The molecule has 29 heavy (non-hydrogen) atoms. The van der Waals surface area contributed by atoms with Crippen LogP contribution in [0.2, 0.25) is 0 Å². The van der Waals surface area contributed by atoms with Gasteiger partial charge >= 0.3 is 0 Å². The topological polar surface area (TPSA) is 84.2 Å². The largest absolute Gasteiger partial charge is 0.325 e. The van der Waals surface area contributed by atoms with Crippen molar-refractivity contribution >= 4 is 10.0 Å². The van der Waals surface area contributed by atoms with Crippen molar-refractivity contribution in [2.45, 2.75) is 43.8 Å². The SMILES string of the molecule is CS(=O)(=O)N[C@@H](Cc1cc(F)cc(F)c1)[C@H](N)CN[C@H]1CCCc2ccccc21. The second-order valence-corrected chi connectivity index (χ2v) is 9.47. The van der Waals surface area contributed by atoms with Gasteiger partial charge in [-0.2, -0.15) is 0 Å². The Morgan fingerprint density at radius 2 is 1.86 bits per heavy atom. The van der Waals surface area contributed by atoms with Crippen LogP contribution in [0.4, 0.5) is 8.78 Å². The minimum absolute atomic E-state index is 0.0891. The van der Waals surface area contributed by atoms with Crippen LogP contribution < -0.4 is 15.8 Å². The van der Waals surface area contributed by atoms with Crippen molar-refractivity contribution in [1.29, 1.82) is 0 Å². The van der Waals surface area contributed by atoms with E-state index in [0.717, 1.165) is 31.6 Å². The lowest BCUT2D eigenvalue weighted by Crippen LogP contribution is -2.53. The molecule has 0 unspecified atom stereocenters. The molecule has 2 aromatic rings. The Morgan fingerprint density at radius 3 is 2.55 bits per heavy atom. The Hall–Kier alpha value is -1.87. The first-order valence-corrected chi connectivity index (χ1v) is 11.6. The highest BCUT2D eigenvalue weighted by Crippen LogP contribution is 2.29. The van der Waals surface area contributed by atoms with E-state index in [9.17, 15) is 17.2 Å². The number of hydrogen-bond acceptors (Lipinski definition) is 4. The highest BCUT2D eigenvalue weighted by atomic mass is 32.2. The molecule has 8 heteroatoms. The van der Waals surface area contributed by atoms with Gasteiger partial charge in [0.05, 0.1) is 6.26 Å². The van der Waals surface area contributed by atoms with Crippen LogP contribution in [0.25, 0.3) is 0 Å². The summed E-state index contributed by atoms with van der Waals surface area (Å²) in [6.45, 7) is 0.365. The van der Waals surface area contributed by atoms with Gasteiger partial charge in [-0.1, -0.05) is 24.3 Å². The zero-order chi connectivity index (χ0) is 21.0. The van der Waals surface area contributed by atoms with Crippen molar-refractivity contribution in [3.05, 3.63) is 70.8 Å². The molecule has 0 aromatic heterocycles. The lowest BCUT2D eigenvalue weighted by Gasteiger charge is -2.30. The van der Waals surface area contributed by atoms with Gasteiger partial charge in [-0.25, -0.2) is 21.9 Å². The molecular weight excluding hydrogens is 396 g/mol. The van der Waals surface area contributed by atoms with Crippen LogP contribution >= 0.6 is 0 Å². The third-order valence-corrected chi connectivity index (χ3v) is 5.96. The molecule has 0 saturated heterocycles. The van der Waals surface area contributed by atoms with Crippen molar-refractivity contribution in [3.63, 3.8) is 0 Å². The zero-order valence-electron chi connectivity index (χ0n) is 16.4. The van der Waals surface area contributed by atoms with E-state index >= 15 is 0 Å². The quantitative estimate of drug-likeness (QED) is 0.609. The van der Waals surface area contributed by atoms with Gasteiger partial charge in [-0.15, -0.1) is 0 Å². The van der Waals surface area contributed by atoms with Gasteiger partial charge in [0.25, 0.3) is 0 Å². The fourth-order valence-corrected chi connectivity index (χ4v) is 4.73. The van der Waals surface area contributed by atoms with E-state index in [1.807, 2.05) is 12.1 Å². The maximum absolute atomic E-state index is 13.5. The number of nitrogens with two attached hydrogens (primary N) is 1. The van der Waals surface area contributed by atoms with Crippen LogP contribution in [0.1, 0.15) is 35.6 Å². The minimum Gasteiger partial charge on any atom is -0.325 e. The molecule has 2 aromatic carbocycles. The summed E-state index contributed by atoms with van der Waals surface area (Å²) in [5.41, 5.74) is 9.21. The van der Waals surface area contributed by atoms with Crippen LogP contribution in [0.15, 0.2) is 42.5 Å². The average Bonchev–Trinajstić information content (AvgIpc) is 2.63. The lowest BCUT2D eigenvalue weighted by atomic mass is 9.87. The van der Waals surface area contributed by atoms with Crippen LogP contribution in [0, 0.1) is 11.6 Å². The summed E-state index contributed by atoms with van der Waals surface area (Å²) in [4.78, 5) is 0. The summed E-state index contributed by atoms with van der Waals surface area (Å²) in [5.74, 6) is -1.41. The van der Waals surface area contributed by atoms with Gasteiger partial charge in [-0.3, -0.25) is 0 Å². The third kappa shape index (κ3) is 6.30. The highest BCUT2D eigenvalue weighted by molar-refractivity contribution is 7.88. The van der Waals surface area contributed by atoms with E-state index in [1.54, 1.807) is 0 Å². The van der Waals surface area contributed by atoms with E-state index in [-0.39, 0.29) is 12.5 Å². The smallest absolute Gasteiger partial charge is 0.209 e. The van der Waals surface area contributed by atoms with Gasteiger partial charge < -0.3 is 11.1 Å². The van der Waals surface area contributed by atoms with E-state index in [2.05, 4.69) is 22.2 Å². The maximum Gasteiger partial charge on any atom is 0.209 e. The zero-order valence-corrected chi connectivity index (χ0v) is 17.2. The molecule has 1 aliphatic rings. The Morgan fingerprint density at radius 1 is 1.17 bits per heavy atom. The summed E-state index contributed by atoms with van der Waals surface area (Å²) in [6.07, 6.45) is 4.22. The Kier molecular flexibility index (Phi) is 7.00. The molecule has 0 aliphatic heterocycles. The second-order valence-electron chi connectivity index (χ2n) is 7.69. The normalized spacial score (nSPS) is 18.8. The molecule has 5 nitrogen and oxygen atoms in total. The van der Waals surface area contributed by atoms with Gasteiger partial charge in [0.1, 0.15) is 11.6 Å². The van der Waals surface area contributed by atoms with Gasteiger partial charge in [0, 0.05) is 30.7 Å². The monoisotopic (exact) mass is 423 g/mol. The molecule has 3 atom stereocenters. The minimum atomic E-state index is -3.55. The van der Waals surface area contributed by atoms with Crippen molar-refractivity contribution in [2.24, 2.45) is 5.73 Å². The number of rotatable bonds is 8. The number of nitrogens with one attached hydrogen (secondary N) is 2. The highest BCUT2D eigenvalue weighted by Gasteiger charge is 2.25. The van der Waals surface area contributed by atoms with Crippen LogP contribution in [-0.4, -0.2) is 33.3 Å². The molecule has 0 amide bonds. The van der Waals surface area contributed by atoms with Gasteiger partial charge in [0.2, 0.25) is 10.0 Å². The number of benzene rings is 2. The van der Waals surface area contributed by atoms with Crippen molar-refractivity contribution in [3.8, 4) is 0 Å². The molecule has 0 heterocycles. The van der Waals surface area contributed by atoms with E-state index in [4.69, 9.17) is 5.73 Å². The molecule has 0 fully saturated rings. The molecular formula is C21H27F2N3O2S. The molecule has 158 valence electrons. The molecule has 0 spiro atoms. The first-order valence-electron chi connectivity index (χ1n) is 9.70. The number of hydrogen-bond donors (Lipinski definition) is 3. The fourth-order valence-electron chi connectivity index (χ4n) is 3.92. The first kappa shape index (κ1) is 21.8. The van der Waals surface area contributed by atoms with Crippen molar-refractivity contribution in [1.82, 2.24) is 10.0 Å². The summed E-state index contributed by atoms with van der Waals surface area (Å²) in [6, 6.07) is 10.3. The number of aryl methyl sites for hydroxylation is 1. The van der Waals surface area contributed by atoms with Crippen LogP contribution in [-0.2, 0) is 22.9 Å². The summed E-state index contributed by atoms with van der Waals surface area (Å²) in [5, 5.41) is 3.44. The number of fused-ring (bicyclic) bond motifs is 1. The van der Waals surface area contributed by atoms with Crippen molar-refractivity contribution in [2.75, 3.05) is 12.8 Å². The summed E-state index contributed by atoms with van der Waals surface area (Å²) >= 11 is 0. The number of halogens is 2. The van der Waals surface area contributed by atoms with E-state index < -0.39 is 33.7 Å². The van der Waals surface area contributed by atoms with E-state index in [1.165, 1.54) is 23.3 Å². The van der Waals surface area contributed by atoms with E-state index in [0.29, 0.717) is 12.1 Å². The first-order chi connectivity index (χ1) is 13.7.